The van der Waals surface area contributed by atoms with Crippen molar-refractivity contribution in [1.82, 2.24) is 4.57 Å². The van der Waals surface area contributed by atoms with Crippen LogP contribution in [0.1, 0.15) is 29.9 Å². The molecule has 3 heterocycles. The highest BCUT2D eigenvalue weighted by Crippen LogP contribution is 2.37. The minimum Gasteiger partial charge on any atom is -0.463 e. The van der Waals surface area contributed by atoms with Crippen molar-refractivity contribution in [2.24, 2.45) is 4.99 Å². The minimum atomic E-state index is -0.776. The predicted molar refractivity (Wildman–Crippen MR) is 169 cm³/mol. The molecule has 0 spiro atoms. The van der Waals surface area contributed by atoms with Crippen LogP contribution in [0.5, 0.6) is 0 Å². The number of thiazole rings is 1. The number of esters is 1. The summed E-state index contributed by atoms with van der Waals surface area (Å²) in [7, 11) is 0. The minimum absolute atomic E-state index is 0.179. The summed E-state index contributed by atoms with van der Waals surface area (Å²) < 4.78 is 14.4. The third-order valence-corrected chi connectivity index (χ3v) is 9.54. The standard InChI is InChI=1S/C32H22BrClN2O4S2/c1-2-39-30(38)26-27(19-9-5-3-6-10-19)35-32-36(28(26)20-13-15-21(34)16-14-20)29(37)25(42-32)18-22-17-24(33)31(40-22)41-23-11-7-4-8-12-23/h3-18,28H,2H2,1H3/b25-18+/t28-/m1/s1. The molecule has 0 fully saturated rings. The maximum Gasteiger partial charge on any atom is 0.338 e. The smallest absolute Gasteiger partial charge is 0.338 e. The van der Waals surface area contributed by atoms with E-state index in [0.717, 1.165) is 14.9 Å². The van der Waals surface area contributed by atoms with Gasteiger partial charge >= 0.3 is 5.97 Å². The fraction of sp³-hybridized carbons (Fsp3) is 0.0938. The molecule has 1 atom stereocenters. The summed E-state index contributed by atoms with van der Waals surface area (Å²) in [5.74, 6) is -0.0200. The van der Waals surface area contributed by atoms with Crippen molar-refractivity contribution in [1.29, 1.82) is 0 Å². The lowest BCUT2D eigenvalue weighted by atomic mass is 9.93. The molecule has 1 aliphatic heterocycles. The summed E-state index contributed by atoms with van der Waals surface area (Å²) >= 11 is 12.5. The lowest BCUT2D eigenvalue weighted by molar-refractivity contribution is -0.138. The molecule has 6 nitrogen and oxygen atoms in total. The van der Waals surface area contributed by atoms with Crippen LogP contribution in [-0.2, 0) is 9.53 Å². The lowest BCUT2D eigenvalue weighted by Gasteiger charge is -2.25. The van der Waals surface area contributed by atoms with E-state index in [9.17, 15) is 9.59 Å². The van der Waals surface area contributed by atoms with Crippen LogP contribution in [0.4, 0.5) is 0 Å². The molecular weight excluding hydrogens is 656 g/mol. The van der Waals surface area contributed by atoms with Gasteiger partial charge in [-0.2, -0.15) is 0 Å². The van der Waals surface area contributed by atoms with E-state index in [2.05, 4.69) is 15.9 Å². The highest BCUT2D eigenvalue weighted by molar-refractivity contribution is 9.10. The Morgan fingerprint density at radius 3 is 2.48 bits per heavy atom. The average molecular weight is 678 g/mol. The van der Waals surface area contributed by atoms with Gasteiger partial charge in [-0.05, 0) is 58.7 Å². The molecule has 0 aliphatic carbocycles. The summed E-state index contributed by atoms with van der Waals surface area (Å²) in [6.45, 7) is 1.93. The van der Waals surface area contributed by atoms with Crippen LogP contribution in [0.15, 0.2) is 125 Å². The maximum absolute atomic E-state index is 14.0. The first kappa shape index (κ1) is 28.5. The van der Waals surface area contributed by atoms with E-state index in [1.807, 2.05) is 78.9 Å². The Morgan fingerprint density at radius 2 is 1.79 bits per heavy atom. The quantitative estimate of drug-likeness (QED) is 0.172. The van der Waals surface area contributed by atoms with Crippen LogP contribution in [0, 0.1) is 0 Å². The van der Waals surface area contributed by atoms with Gasteiger partial charge in [-0.1, -0.05) is 95.4 Å². The number of carbonyl (C=O) groups is 1. The largest absolute Gasteiger partial charge is 0.463 e. The fourth-order valence-corrected chi connectivity index (χ4v) is 7.09. The zero-order chi connectivity index (χ0) is 29.2. The van der Waals surface area contributed by atoms with Crippen molar-refractivity contribution in [3.05, 3.63) is 143 Å². The zero-order valence-electron chi connectivity index (χ0n) is 22.1. The van der Waals surface area contributed by atoms with Crippen molar-refractivity contribution in [3.8, 4) is 0 Å². The number of hydrogen-bond acceptors (Lipinski definition) is 7. The van der Waals surface area contributed by atoms with Gasteiger partial charge in [0.2, 0.25) is 0 Å². The van der Waals surface area contributed by atoms with Gasteiger partial charge in [0, 0.05) is 21.6 Å². The molecule has 2 aromatic heterocycles. The Labute approximate surface area is 262 Å². The van der Waals surface area contributed by atoms with Crippen molar-refractivity contribution >= 4 is 68.4 Å². The average Bonchev–Trinajstić information content (AvgIpc) is 3.51. The molecule has 10 heteroatoms. The molecule has 3 aromatic carbocycles. The number of aromatic nitrogens is 1. The fourth-order valence-electron chi connectivity index (χ4n) is 4.64. The predicted octanol–water partition coefficient (Wildman–Crippen LogP) is 7.10. The molecule has 42 heavy (non-hydrogen) atoms. The lowest BCUT2D eigenvalue weighted by Crippen LogP contribution is -2.40. The van der Waals surface area contributed by atoms with Gasteiger partial charge in [0.1, 0.15) is 5.76 Å². The molecule has 5 aromatic rings. The molecule has 0 bridgehead atoms. The Balaban J connectivity index is 1.54. The van der Waals surface area contributed by atoms with Crippen molar-refractivity contribution in [2.45, 2.75) is 23.0 Å². The van der Waals surface area contributed by atoms with Crippen molar-refractivity contribution in [2.75, 3.05) is 6.61 Å². The van der Waals surface area contributed by atoms with E-state index in [1.54, 1.807) is 29.7 Å². The number of rotatable bonds is 7. The number of fused-ring (bicyclic) bond motifs is 1. The molecule has 0 N–H and O–H groups in total. The highest BCUT2D eigenvalue weighted by Gasteiger charge is 2.35. The van der Waals surface area contributed by atoms with E-state index >= 15 is 0 Å². The van der Waals surface area contributed by atoms with E-state index in [-0.39, 0.29) is 17.7 Å². The number of ether oxygens (including phenoxy) is 1. The Morgan fingerprint density at radius 1 is 1.10 bits per heavy atom. The molecular formula is C32H22BrClN2O4S2. The molecule has 0 amide bonds. The second-order valence-electron chi connectivity index (χ2n) is 9.18. The van der Waals surface area contributed by atoms with Crippen molar-refractivity contribution < 1.29 is 13.9 Å². The number of benzene rings is 3. The van der Waals surface area contributed by atoms with E-state index < -0.39 is 12.0 Å². The summed E-state index contributed by atoms with van der Waals surface area (Å²) in [4.78, 5) is 33.9. The van der Waals surface area contributed by atoms with Gasteiger partial charge in [-0.15, -0.1) is 0 Å². The molecule has 0 saturated heterocycles. The number of carbonyl (C=O) groups excluding carboxylic acids is 1. The molecule has 0 saturated carbocycles. The van der Waals surface area contributed by atoms with Crippen LogP contribution in [0.3, 0.4) is 0 Å². The summed E-state index contributed by atoms with van der Waals surface area (Å²) in [5, 5.41) is 1.22. The van der Waals surface area contributed by atoms with Gasteiger partial charge in [0.05, 0.1) is 32.9 Å². The first-order chi connectivity index (χ1) is 20.4. The highest BCUT2D eigenvalue weighted by atomic mass is 79.9. The van der Waals surface area contributed by atoms with E-state index in [1.165, 1.54) is 23.1 Å². The molecule has 1 aliphatic rings. The van der Waals surface area contributed by atoms with Gasteiger partial charge < -0.3 is 9.15 Å². The van der Waals surface area contributed by atoms with E-state index in [0.29, 0.717) is 36.5 Å². The Kier molecular flexibility index (Phi) is 8.35. The molecule has 210 valence electrons. The topological polar surface area (TPSA) is 73.8 Å². The molecule has 0 radical (unpaired) electrons. The van der Waals surface area contributed by atoms with Crippen LogP contribution >= 0.6 is 50.6 Å². The first-order valence-corrected chi connectivity index (χ1v) is 15.8. The third-order valence-electron chi connectivity index (χ3n) is 6.46. The Hall–Kier alpha value is -3.63. The van der Waals surface area contributed by atoms with Gasteiger partial charge in [0.25, 0.3) is 5.56 Å². The molecule has 6 rings (SSSR count). The Bertz CT molecular complexity index is 1980. The zero-order valence-corrected chi connectivity index (χ0v) is 26.1. The van der Waals surface area contributed by atoms with Crippen LogP contribution in [0.2, 0.25) is 5.02 Å². The number of halogens is 2. The van der Waals surface area contributed by atoms with Crippen LogP contribution in [-0.4, -0.2) is 17.1 Å². The maximum atomic E-state index is 14.0. The van der Waals surface area contributed by atoms with Gasteiger partial charge in [0.15, 0.2) is 9.89 Å². The monoisotopic (exact) mass is 676 g/mol. The first-order valence-electron chi connectivity index (χ1n) is 13.0. The summed E-state index contributed by atoms with van der Waals surface area (Å²) in [6.07, 6.45) is 1.71. The second-order valence-corrected chi connectivity index (χ2v) is 12.5. The second kappa shape index (κ2) is 12.3. The summed E-state index contributed by atoms with van der Waals surface area (Å²) in [5.41, 5.74) is 1.91. The van der Waals surface area contributed by atoms with Crippen LogP contribution < -0.4 is 14.9 Å². The molecule has 0 unspecified atom stereocenters. The SMILES string of the molecule is CCOC(=O)C1=C(c2ccccc2)N=c2s/c(=C/c3cc(Br)c(Sc4ccccc4)o3)c(=O)n2[C@@H]1c1ccc(Cl)cc1. The van der Waals surface area contributed by atoms with Gasteiger partial charge in [-0.3, -0.25) is 9.36 Å². The number of hydrogen-bond donors (Lipinski definition) is 0. The third kappa shape index (κ3) is 5.70. The van der Waals surface area contributed by atoms with E-state index in [4.69, 9.17) is 25.7 Å². The normalized spacial score (nSPS) is 14.9. The van der Waals surface area contributed by atoms with Gasteiger partial charge in [-0.25, -0.2) is 9.79 Å². The van der Waals surface area contributed by atoms with Crippen molar-refractivity contribution in [3.63, 3.8) is 0 Å². The number of furan rings is 1. The van der Waals surface area contributed by atoms with Crippen LogP contribution in [0.25, 0.3) is 11.8 Å². The summed E-state index contributed by atoms with van der Waals surface area (Å²) in [6, 6.07) is 27.5. The number of nitrogens with zero attached hydrogens (tertiary/aromatic N) is 2.